The normalized spacial score (nSPS) is 10.5. The van der Waals surface area contributed by atoms with Gasteiger partial charge >= 0.3 is 0 Å². The second kappa shape index (κ2) is 8.37. The summed E-state index contributed by atoms with van der Waals surface area (Å²) in [5.41, 5.74) is 6.06. The van der Waals surface area contributed by atoms with E-state index in [4.69, 9.17) is 22.6 Å². The van der Waals surface area contributed by atoms with Gasteiger partial charge in [-0.1, -0.05) is 11.6 Å². The van der Waals surface area contributed by atoms with Crippen LogP contribution in [0.4, 0.5) is 5.69 Å². The lowest BCUT2D eigenvalue weighted by atomic mass is 10.2. The molecule has 1 aromatic rings. The fraction of sp³-hybridized carbons (Fsp3) is 0.400. The summed E-state index contributed by atoms with van der Waals surface area (Å²) in [6.45, 7) is 4.41. The van der Waals surface area contributed by atoms with Gasteiger partial charge in [-0.05, 0) is 32.0 Å². The predicted octanol–water partition coefficient (Wildman–Crippen LogP) is 1.74. The second-order valence-electron chi connectivity index (χ2n) is 5.14. The summed E-state index contributed by atoms with van der Waals surface area (Å²) in [6.07, 6.45) is 0.225. The van der Waals surface area contributed by atoms with Crippen molar-refractivity contribution in [2.75, 3.05) is 18.4 Å². The van der Waals surface area contributed by atoms with E-state index in [0.717, 1.165) is 0 Å². The molecule has 3 N–H and O–H groups in total. The molecule has 6 nitrogen and oxygen atoms in total. The van der Waals surface area contributed by atoms with Crippen LogP contribution in [0.3, 0.4) is 0 Å². The largest absolute Gasteiger partial charge is 0.369 e. The summed E-state index contributed by atoms with van der Waals surface area (Å²) in [7, 11) is 0. The Morgan fingerprint density at radius 2 is 2.14 bits per heavy atom. The van der Waals surface area contributed by atoms with Crippen LogP contribution in [-0.2, 0) is 9.59 Å². The van der Waals surface area contributed by atoms with Gasteiger partial charge in [0, 0.05) is 24.7 Å². The van der Waals surface area contributed by atoms with Crippen molar-refractivity contribution in [2.45, 2.75) is 26.3 Å². The molecule has 1 aromatic carbocycles. The van der Waals surface area contributed by atoms with E-state index < -0.39 is 5.91 Å². The minimum Gasteiger partial charge on any atom is -0.369 e. The molecule has 0 aliphatic rings. The molecule has 0 fully saturated rings. The van der Waals surface area contributed by atoms with Gasteiger partial charge in [-0.2, -0.15) is 5.26 Å². The lowest BCUT2D eigenvalue weighted by Gasteiger charge is -2.24. The van der Waals surface area contributed by atoms with Crippen LogP contribution in [0.5, 0.6) is 0 Å². The number of nitrogens with one attached hydrogen (secondary N) is 1. The smallest absolute Gasteiger partial charge is 0.231 e. The average molecular weight is 323 g/mol. The third-order valence-corrected chi connectivity index (χ3v) is 3.40. The van der Waals surface area contributed by atoms with Gasteiger partial charge in [0.25, 0.3) is 0 Å². The molecule has 0 saturated heterocycles. The molecule has 0 bridgehead atoms. The minimum absolute atomic E-state index is 0.115. The first-order valence-electron chi connectivity index (χ1n) is 6.85. The molecule has 0 atom stereocenters. The fourth-order valence-electron chi connectivity index (χ4n) is 1.87. The first-order valence-corrected chi connectivity index (χ1v) is 7.23. The number of benzene rings is 1. The summed E-state index contributed by atoms with van der Waals surface area (Å²) < 4.78 is 0. The van der Waals surface area contributed by atoms with Gasteiger partial charge in [-0.3, -0.25) is 14.5 Å². The van der Waals surface area contributed by atoms with Crippen molar-refractivity contribution < 1.29 is 9.59 Å². The number of primary amides is 1. The Balaban J connectivity index is 2.57. The fourth-order valence-corrected chi connectivity index (χ4v) is 2.09. The zero-order chi connectivity index (χ0) is 16.7. The summed E-state index contributed by atoms with van der Waals surface area (Å²) in [5, 5.41) is 11.8. The second-order valence-corrected chi connectivity index (χ2v) is 5.54. The zero-order valence-electron chi connectivity index (χ0n) is 12.6. The summed E-state index contributed by atoms with van der Waals surface area (Å²) in [4.78, 5) is 24.7. The highest BCUT2D eigenvalue weighted by atomic mass is 35.5. The van der Waals surface area contributed by atoms with Gasteiger partial charge in [0.2, 0.25) is 11.8 Å². The third kappa shape index (κ3) is 5.72. The number of halogens is 1. The Labute approximate surface area is 134 Å². The van der Waals surface area contributed by atoms with Crippen LogP contribution in [-0.4, -0.2) is 35.8 Å². The van der Waals surface area contributed by atoms with Crippen molar-refractivity contribution in [1.29, 1.82) is 5.26 Å². The Morgan fingerprint density at radius 1 is 1.45 bits per heavy atom. The lowest BCUT2D eigenvalue weighted by molar-refractivity contribution is -0.121. The molecule has 0 spiro atoms. The van der Waals surface area contributed by atoms with Crippen LogP contribution in [0.2, 0.25) is 5.02 Å². The van der Waals surface area contributed by atoms with E-state index in [1.165, 1.54) is 6.07 Å². The molecule has 0 saturated carbocycles. The van der Waals surface area contributed by atoms with E-state index in [1.54, 1.807) is 12.1 Å². The van der Waals surface area contributed by atoms with Crippen LogP contribution in [0, 0.1) is 11.3 Å². The van der Waals surface area contributed by atoms with E-state index in [0.29, 0.717) is 17.8 Å². The van der Waals surface area contributed by atoms with Crippen LogP contribution in [0.25, 0.3) is 0 Å². The average Bonchev–Trinajstić information content (AvgIpc) is 2.43. The number of amides is 2. The summed E-state index contributed by atoms with van der Waals surface area (Å²) in [5.74, 6) is -0.621. The highest BCUT2D eigenvalue weighted by Gasteiger charge is 2.14. The molecule has 0 heterocycles. The Hall–Kier alpha value is -2.10. The number of nitrogens with zero attached hydrogens (tertiary/aromatic N) is 2. The SMILES string of the molecule is CC(C)N(CCC(=O)Nc1ccc(C#N)c(Cl)c1)CC(N)=O. The number of anilines is 1. The quantitative estimate of drug-likeness (QED) is 0.798. The van der Waals surface area contributed by atoms with Gasteiger partial charge in [0.05, 0.1) is 17.1 Å². The summed E-state index contributed by atoms with van der Waals surface area (Å²) in [6, 6.07) is 6.76. The van der Waals surface area contributed by atoms with Crippen molar-refractivity contribution in [3.05, 3.63) is 28.8 Å². The standard InChI is InChI=1S/C15H19ClN4O2/c1-10(2)20(9-14(18)21)6-5-15(22)19-12-4-3-11(8-17)13(16)7-12/h3-4,7,10H,5-6,9H2,1-2H3,(H2,18,21)(H,19,22). The van der Waals surface area contributed by atoms with Crippen molar-refractivity contribution in [3.63, 3.8) is 0 Å². The first kappa shape index (κ1) is 18.0. The predicted molar refractivity (Wildman–Crippen MR) is 85.3 cm³/mol. The highest BCUT2D eigenvalue weighted by molar-refractivity contribution is 6.32. The van der Waals surface area contributed by atoms with Crippen LogP contribution < -0.4 is 11.1 Å². The van der Waals surface area contributed by atoms with Gasteiger partial charge in [-0.15, -0.1) is 0 Å². The molecule has 0 aliphatic heterocycles. The number of carbonyl (C=O) groups excluding carboxylic acids is 2. The molecule has 118 valence electrons. The number of carbonyl (C=O) groups is 2. The zero-order valence-corrected chi connectivity index (χ0v) is 13.4. The van der Waals surface area contributed by atoms with Gasteiger partial charge in [0.15, 0.2) is 0 Å². The molecule has 0 aliphatic carbocycles. The Bertz CT molecular complexity index is 596. The number of nitrogens with two attached hydrogens (primary N) is 1. The van der Waals surface area contributed by atoms with E-state index in [9.17, 15) is 9.59 Å². The van der Waals surface area contributed by atoms with Gasteiger partial charge in [0.1, 0.15) is 6.07 Å². The number of hydrogen-bond acceptors (Lipinski definition) is 4. The monoisotopic (exact) mass is 322 g/mol. The van der Waals surface area contributed by atoms with Crippen LogP contribution in [0.15, 0.2) is 18.2 Å². The maximum absolute atomic E-state index is 11.9. The number of nitriles is 1. The van der Waals surface area contributed by atoms with E-state index in [1.807, 2.05) is 24.8 Å². The maximum atomic E-state index is 11.9. The van der Waals surface area contributed by atoms with Crippen molar-refractivity contribution >= 4 is 29.1 Å². The molecular weight excluding hydrogens is 304 g/mol. The topological polar surface area (TPSA) is 99.2 Å². The van der Waals surface area contributed by atoms with Gasteiger partial charge < -0.3 is 11.1 Å². The van der Waals surface area contributed by atoms with Crippen molar-refractivity contribution in [1.82, 2.24) is 4.90 Å². The highest BCUT2D eigenvalue weighted by Crippen LogP contribution is 2.20. The van der Waals surface area contributed by atoms with Crippen LogP contribution >= 0.6 is 11.6 Å². The molecule has 0 unspecified atom stereocenters. The van der Waals surface area contributed by atoms with Crippen molar-refractivity contribution in [3.8, 4) is 6.07 Å². The van der Waals surface area contributed by atoms with E-state index in [-0.39, 0.29) is 29.9 Å². The lowest BCUT2D eigenvalue weighted by Crippen LogP contribution is -2.40. The van der Waals surface area contributed by atoms with Gasteiger partial charge in [-0.25, -0.2) is 0 Å². The molecular formula is C15H19ClN4O2. The number of rotatable bonds is 7. The Morgan fingerprint density at radius 3 is 2.64 bits per heavy atom. The van der Waals surface area contributed by atoms with Crippen molar-refractivity contribution in [2.24, 2.45) is 5.73 Å². The van der Waals surface area contributed by atoms with E-state index in [2.05, 4.69) is 5.32 Å². The maximum Gasteiger partial charge on any atom is 0.231 e. The first-order chi connectivity index (χ1) is 10.3. The van der Waals surface area contributed by atoms with E-state index >= 15 is 0 Å². The molecule has 0 radical (unpaired) electrons. The third-order valence-electron chi connectivity index (χ3n) is 3.09. The minimum atomic E-state index is -0.423. The molecule has 22 heavy (non-hydrogen) atoms. The number of hydrogen-bond donors (Lipinski definition) is 2. The molecule has 2 amide bonds. The molecule has 1 rings (SSSR count). The summed E-state index contributed by atoms with van der Waals surface area (Å²) >= 11 is 5.91. The molecule has 0 aromatic heterocycles. The molecule has 7 heteroatoms. The Kier molecular flexibility index (Phi) is 6.83. The van der Waals surface area contributed by atoms with Crippen LogP contribution in [0.1, 0.15) is 25.8 Å².